The molecule has 10 heavy (non-hydrogen) atoms. The van der Waals surface area contributed by atoms with Crippen LogP contribution in [0.3, 0.4) is 0 Å². The summed E-state index contributed by atoms with van der Waals surface area (Å²) in [5, 5.41) is 26.5. The van der Waals surface area contributed by atoms with Gasteiger partial charge in [-0.15, -0.1) is 0 Å². The summed E-state index contributed by atoms with van der Waals surface area (Å²) in [4.78, 5) is 0. The van der Waals surface area contributed by atoms with E-state index in [4.69, 9.17) is 10.2 Å². The Kier molecular flexibility index (Phi) is 4.60. The van der Waals surface area contributed by atoms with Crippen LogP contribution in [0.15, 0.2) is 0 Å². The minimum absolute atomic E-state index is 0.0235. The topological polar surface area (TPSA) is 60.7 Å². The van der Waals surface area contributed by atoms with Crippen LogP contribution < -0.4 is 0 Å². The third-order valence-corrected chi connectivity index (χ3v) is 1.81. The normalized spacial score (nSPS) is 12.0. The highest BCUT2D eigenvalue weighted by atomic mass is 16.3. The van der Waals surface area contributed by atoms with Crippen molar-refractivity contribution in [2.24, 2.45) is 0 Å². The maximum absolute atomic E-state index is 9.50. The molecule has 3 N–H and O–H groups in total. The van der Waals surface area contributed by atoms with Crippen molar-refractivity contribution in [3.05, 3.63) is 0 Å². The summed E-state index contributed by atoms with van der Waals surface area (Å²) in [7, 11) is 0. The minimum Gasteiger partial charge on any atom is -0.396 e. The smallest absolute Gasteiger partial charge is 0.0688 e. The average molecular weight is 148 g/mol. The van der Waals surface area contributed by atoms with Gasteiger partial charge in [0.2, 0.25) is 0 Å². The molecule has 62 valence electrons. The summed E-state index contributed by atoms with van der Waals surface area (Å²) in [6.45, 7) is 1.79. The van der Waals surface area contributed by atoms with Crippen molar-refractivity contribution in [3.8, 4) is 0 Å². The van der Waals surface area contributed by atoms with Crippen molar-refractivity contribution in [2.45, 2.75) is 31.8 Å². The second-order valence-corrected chi connectivity index (χ2v) is 2.53. The lowest BCUT2D eigenvalue weighted by molar-refractivity contribution is -0.00810. The van der Waals surface area contributed by atoms with Crippen LogP contribution in [0.25, 0.3) is 0 Å². The molecule has 0 rings (SSSR count). The lowest BCUT2D eigenvalue weighted by Gasteiger charge is -2.24. The van der Waals surface area contributed by atoms with E-state index in [9.17, 15) is 5.11 Å². The summed E-state index contributed by atoms with van der Waals surface area (Å²) >= 11 is 0. The molecule has 0 saturated heterocycles. The zero-order valence-electron chi connectivity index (χ0n) is 6.38. The van der Waals surface area contributed by atoms with Gasteiger partial charge in [-0.25, -0.2) is 0 Å². The van der Waals surface area contributed by atoms with Crippen molar-refractivity contribution >= 4 is 0 Å². The number of aliphatic hydroxyl groups is 3. The zero-order valence-corrected chi connectivity index (χ0v) is 6.38. The van der Waals surface area contributed by atoms with Gasteiger partial charge in [0.1, 0.15) is 0 Å². The second-order valence-electron chi connectivity index (χ2n) is 2.53. The molecule has 0 radical (unpaired) electrons. The lowest BCUT2D eigenvalue weighted by Crippen LogP contribution is -2.30. The summed E-state index contributed by atoms with van der Waals surface area (Å²) in [5.74, 6) is 0. The van der Waals surface area contributed by atoms with E-state index >= 15 is 0 Å². The predicted octanol–water partition coefficient (Wildman–Crippen LogP) is -0.108. The van der Waals surface area contributed by atoms with Crippen LogP contribution in [0.4, 0.5) is 0 Å². The van der Waals surface area contributed by atoms with Crippen molar-refractivity contribution in [1.82, 2.24) is 0 Å². The van der Waals surface area contributed by atoms with Crippen LogP contribution in [-0.4, -0.2) is 34.1 Å². The maximum atomic E-state index is 9.50. The van der Waals surface area contributed by atoms with E-state index in [2.05, 4.69) is 0 Å². The Morgan fingerprint density at radius 1 is 1.10 bits per heavy atom. The summed E-state index contributed by atoms with van der Waals surface area (Å²) < 4.78 is 0. The number of aliphatic hydroxyl groups excluding tert-OH is 2. The number of hydrogen-bond donors (Lipinski definition) is 3. The molecule has 0 aliphatic carbocycles. The summed E-state index contributed by atoms with van der Waals surface area (Å²) in [6, 6.07) is 0. The van der Waals surface area contributed by atoms with Crippen LogP contribution in [0, 0.1) is 0 Å². The molecule has 3 heteroatoms. The van der Waals surface area contributed by atoms with Crippen molar-refractivity contribution < 1.29 is 15.3 Å². The van der Waals surface area contributed by atoms with Gasteiger partial charge in [0.05, 0.1) is 5.60 Å². The Morgan fingerprint density at radius 2 is 1.50 bits per heavy atom. The van der Waals surface area contributed by atoms with Gasteiger partial charge in [0, 0.05) is 13.2 Å². The molecule has 0 atom stereocenters. The van der Waals surface area contributed by atoms with Crippen LogP contribution in [0.1, 0.15) is 26.2 Å². The molecule has 0 fully saturated rings. The SMILES string of the molecule is CCC(O)(CCO)CCO. The first-order chi connectivity index (χ1) is 4.68. The summed E-state index contributed by atoms with van der Waals surface area (Å²) in [5.41, 5.74) is -0.858. The van der Waals surface area contributed by atoms with Gasteiger partial charge in [0.15, 0.2) is 0 Å². The Bertz CT molecular complexity index is 76.9. The van der Waals surface area contributed by atoms with Gasteiger partial charge in [-0.1, -0.05) is 6.92 Å². The molecule has 0 aromatic carbocycles. The van der Waals surface area contributed by atoms with E-state index in [1.807, 2.05) is 6.92 Å². The Balaban J connectivity index is 3.69. The van der Waals surface area contributed by atoms with Crippen molar-refractivity contribution in [3.63, 3.8) is 0 Å². The number of rotatable bonds is 5. The molecule has 3 nitrogen and oxygen atoms in total. The summed E-state index contributed by atoms with van der Waals surface area (Å²) in [6.07, 6.45) is 1.28. The molecule has 0 heterocycles. The Labute approximate surface area is 61.3 Å². The highest BCUT2D eigenvalue weighted by molar-refractivity contribution is 4.75. The van der Waals surface area contributed by atoms with E-state index in [-0.39, 0.29) is 13.2 Å². The van der Waals surface area contributed by atoms with E-state index in [0.29, 0.717) is 19.3 Å². The van der Waals surface area contributed by atoms with Gasteiger partial charge in [0.25, 0.3) is 0 Å². The molecule has 0 spiro atoms. The van der Waals surface area contributed by atoms with Gasteiger partial charge >= 0.3 is 0 Å². The van der Waals surface area contributed by atoms with E-state index < -0.39 is 5.60 Å². The average Bonchev–Trinajstić information content (AvgIpc) is 1.89. The third kappa shape index (κ3) is 3.15. The van der Waals surface area contributed by atoms with Gasteiger partial charge < -0.3 is 15.3 Å². The van der Waals surface area contributed by atoms with Crippen LogP contribution in [-0.2, 0) is 0 Å². The van der Waals surface area contributed by atoms with Gasteiger partial charge in [-0.3, -0.25) is 0 Å². The fourth-order valence-electron chi connectivity index (χ4n) is 0.895. The molecule has 0 aliphatic heterocycles. The largest absolute Gasteiger partial charge is 0.396 e. The maximum Gasteiger partial charge on any atom is 0.0688 e. The van der Waals surface area contributed by atoms with E-state index in [0.717, 1.165) is 0 Å². The highest BCUT2D eigenvalue weighted by Gasteiger charge is 2.22. The molecule has 0 aliphatic rings. The van der Waals surface area contributed by atoms with Crippen molar-refractivity contribution in [2.75, 3.05) is 13.2 Å². The molecule has 0 aromatic heterocycles. The molecular weight excluding hydrogens is 132 g/mol. The predicted molar refractivity (Wildman–Crippen MR) is 38.6 cm³/mol. The lowest BCUT2D eigenvalue weighted by atomic mass is 9.93. The highest BCUT2D eigenvalue weighted by Crippen LogP contribution is 2.18. The first kappa shape index (κ1) is 9.88. The second kappa shape index (κ2) is 4.66. The Morgan fingerprint density at radius 3 is 1.70 bits per heavy atom. The molecule has 0 saturated carbocycles. The fraction of sp³-hybridized carbons (Fsp3) is 1.00. The van der Waals surface area contributed by atoms with Crippen LogP contribution in [0.5, 0.6) is 0 Å². The number of hydrogen-bond acceptors (Lipinski definition) is 3. The Hall–Kier alpha value is -0.120. The third-order valence-electron chi connectivity index (χ3n) is 1.81. The first-order valence-corrected chi connectivity index (χ1v) is 3.62. The molecule has 0 bridgehead atoms. The minimum atomic E-state index is -0.858. The quantitative estimate of drug-likeness (QED) is 0.510. The van der Waals surface area contributed by atoms with Crippen LogP contribution >= 0.6 is 0 Å². The fourth-order valence-corrected chi connectivity index (χ4v) is 0.895. The first-order valence-electron chi connectivity index (χ1n) is 3.62. The molecule has 0 amide bonds. The standard InChI is InChI=1S/C7H16O3/c1-2-7(10,3-5-8)4-6-9/h8-10H,2-6H2,1H3. The molecule has 0 aromatic rings. The van der Waals surface area contributed by atoms with E-state index in [1.165, 1.54) is 0 Å². The van der Waals surface area contributed by atoms with E-state index in [1.54, 1.807) is 0 Å². The zero-order chi connectivity index (χ0) is 8.04. The van der Waals surface area contributed by atoms with Crippen LogP contribution in [0.2, 0.25) is 0 Å². The van der Waals surface area contributed by atoms with Gasteiger partial charge in [-0.2, -0.15) is 0 Å². The monoisotopic (exact) mass is 148 g/mol. The van der Waals surface area contributed by atoms with Crippen molar-refractivity contribution in [1.29, 1.82) is 0 Å². The molecular formula is C7H16O3. The molecule has 0 unspecified atom stereocenters. The van der Waals surface area contributed by atoms with Gasteiger partial charge in [-0.05, 0) is 19.3 Å².